The minimum Gasteiger partial charge on any atom is -0.497 e. The zero-order valence-corrected chi connectivity index (χ0v) is 15.5. The Morgan fingerprint density at radius 3 is 2.73 bits per heavy atom. The summed E-state index contributed by atoms with van der Waals surface area (Å²) in [5.41, 5.74) is 1.43. The average Bonchev–Trinajstić information content (AvgIpc) is 3.12. The average molecular weight is 390 g/mol. The second kappa shape index (κ2) is 8.73. The lowest BCUT2D eigenvalue weighted by Gasteiger charge is -2.05. The molecule has 0 bridgehead atoms. The van der Waals surface area contributed by atoms with Gasteiger partial charge in [0.2, 0.25) is 17.6 Å². The third kappa shape index (κ3) is 4.77. The van der Waals surface area contributed by atoms with Crippen LogP contribution in [0.1, 0.15) is 5.89 Å². The number of para-hydroxylation sites is 1. The first-order chi connectivity index (χ1) is 12.7. The predicted octanol–water partition coefficient (Wildman–Crippen LogP) is 4.27. The number of carbonyl (C=O) groups is 1. The van der Waals surface area contributed by atoms with Crippen LogP contribution in [-0.4, -0.2) is 28.9 Å². The van der Waals surface area contributed by atoms with Gasteiger partial charge in [0, 0.05) is 5.56 Å². The molecule has 0 saturated heterocycles. The molecule has 0 aliphatic carbocycles. The summed E-state index contributed by atoms with van der Waals surface area (Å²) >= 11 is 7.40. The number of rotatable bonds is 7. The SMILES string of the molecule is COc1ccc(-c2noc(CSCC(=O)Nc3ccccc3Cl)n2)cc1. The molecule has 2 aromatic carbocycles. The third-order valence-electron chi connectivity index (χ3n) is 3.42. The van der Waals surface area contributed by atoms with E-state index in [4.69, 9.17) is 20.9 Å². The van der Waals surface area contributed by atoms with Crippen LogP contribution in [0.4, 0.5) is 5.69 Å². The number of hydrogen-bond acceptors (Lipinski definition) is 6. The van der Waals surface area contributed by atoms with Gasteiger partial charge in [0.15, 0.2) is 0 Å². The van der Waals surface area contributed by atoms with E-state index in [0.717, 1.165) is 11.3 Å². The molecule has 1 amide bonds. The lowest BCUT2D eigenvalue weighted by atomic mass is 10.2. The van der Waals surface area contributed by atoms with Crippen LogP contribution in [0, 0.1) is 0 Å². The van der Waals surface area contributed by atoms with Crippen LogP contribution in [0.25, 0.3) is 11.4 Å². The van der Waals surface area contributed by atoms with Gasteiger partial charge in [-0.25, -0.2) is 0 Å². The number of nitrogens with one attached hydrogen (secondary N) is 1. The normalized spacial score (nSPS) is 10.5. The van der Waals surface area contributed by atoms with Crippen molar-refractivity contribution in [2.75, 3.05) is 18.2 Å². The van der Waals surface area contributed by atoms with Crippen molar-refractivity contribution in [1.29, 1.82) is 0 Å². The fraction of sp³-hybridized carbons (Fsp3) is 0.167. The summed E-state index contributed by atoms with van der Waals surface area (Å²) in [6, 6.07) is 14.5. The fourth-order valence-corrected chi connectivity index (χ4v) is 2.99. The van der Waals surface area contributed by atoms with E-state index in [1.165, 1.54) is 11.8 Å². The molecule has 1 aromatic heterocycles. The zero-order valence-electron chi connectivity index (χ0n) is 13.9. The second-order valence-corrected chi connectivity index (χ2v) is 6.65. The molecule has 0 radical (unpaired) electrons. The highest BCUT2D eigenvalue weighted by Crippen LogP contribution is 2.22. The number of amides is 1. The van der Waals surface area contributed by atoms with E-state index in [-0.39, 0.29) is 11.7 Å². The number of methoxy groups -OCH3 is 1. The van der Waals surface area contributed by atoms with Crippen LogP contribution in [0.5, 0.6) is 5.75 Å². The Labute approximate surface area is 159 Å². The van der Waals surface area contributed by atoms with Gasteiger partial charge in [0.05, 0.1) is 29.3 Å². The Balaban J connectivity index is 1.50. The first kappa shape index (κ1) is 18.3. The monoisotopic (exact) mass is 389 g/mol. The van der Waals surface area contributed by atoms with Crippen LogP contribution >= 0.6 is 23.4 Å². The molecule has 3 rings (SSSR count). The van der Waals surface area contributed by atoms with Crippen molar-refractivity contribution in [3.05, 3.63) is 59.4 Å². The predicted molar refractivity (Wildman–Crippen MR) is 103 cm³/mol. The molecule has 0 aliphatic heterocycles. The summed E-state index contributed by atoms with van der Waals surface area (Å²) in [7, 11) is 1.61. The van der Waals surface area contributed by atoms with Crippen molar-refractivity contribution in [3.63, 3.8) is 0 Å². The number of aromatic nitrogens is 2. The first-order valence-electron chi connectivity index (χ1n) is 7.75. The van der Waals surface area contributed by atoms with E-state index in [0.29, 0.717) is 28.2 Å². The van der Waals surface area contributed by atoms with Crippen LogP contribution in [0.15, 0.2) is 53.1 Å². The van der Waals surface area contributed by atoms with Gasteiger partial charge in [0.1, 0.15) is 5.75 Å². The molecule has 1 heterocycles. The topological polar surface area (TPSA) is 77.2 Å². The van der Waals surface area contributed by atoms with E-state index < -0.39 is 0 Å². The second-order valence-electron chi connectivity index (χ2n) is 5.26. The van der Waals surface area contributed by atoms with Crippen molar-refractivity contribution >= 4 is 35.0 Å². The van der Waals surface area contributed by atoms with E-state index in [2.05, 4.69) is 15.5 Å². The lowest BCUT2D eigenvalue weighted by Crippen LogP contribution is -2.14. The molecule has 3 aromatic rings. The molecule has 0 spiro atoms. The molecule has 134 valence electrons. The Morgan fingerprint density at radius 2 is 2.00 bits per heavy atom. The molecule has 26 heavy (non-hydrogen) atoms. The minimum atomic E-state index is -0.141. The highest BCUT2D eigenvalue weighted by atomic mass is 35.5. The molecular formula is C18H16ClN3O3S. The largest absolute Gasteiger partial charge is 0.497 e. The molecule has 0 saturated carbocycles. The summed E-state index contributed by atoms with van der Waals surface area (Å²) in [5, 5.41) is 7.24. The van der Waals surface area contributed by atoms with Crippen molar-refractivity contribution in [2.24, 2.45) is 0 Å². The van der Waals surface area contributed by atoms with Crippen LogP contribution in [-0.2, 0) is 10.5 Å². The molecule has 6 nitrogen and oxygen atoms in total. The Bertz CT molecular complexity index is 883. The van der Waals surface area contributed by atoms with E-state index in [9.17, 15) is 4.79 Å². The summed E-state index contributed by atoms with van der Waals surface area (Å²) in [6.07, 6.45) is 0. The van der Waals surface area contributed by atoms with E-state index >= 15 is 0 Å². The number of nitrogens with zero attached hydrogens (tertiary/aromatic N) is 2. The standard InChI is InChI=1S/C18H16ClN3O3S/c1-24-13-8-6-12(7-9-13)18-21-17(25-22-18)11-26-10-16(23)20-15-5-3-2-4-14(15)19/h2-9H,10-11H2,1H3,(H,20,23). The van der Waals surface area contributed by atoms with Crippen LogP contribution in [0.2, 0.25) is 5.02 Å². The van der Waals surface area contributed by atoms with Gasteiger partial charge in [-0.05, 0) is 36.4 Å². The molecule has 8 heteroatoms. The Hall–Kier alpha value is -2.51. The van der Waals surface area contributed by atoms with E-state index in [1.807, 2.05) is 36.4 Å². The summed E-state index contributed by atoms with van der Waals surface area (Å²) < 4.78 is 10.4. The first-order valence-corrected chi connectivity index (χ1v) is 9.28. The molecular weight excluding hydrogens is 374 g/mol. The zero-order chi connectivity index (χ0) is 18.4. The number of carbonyl (C=O) groups excluding carboxylic acids is 1. The number of thioether (sulfide) groups is 1. The van der Waals surface area contributed by atoms with Gasteiger partial charge >= 0.3 is 0 Å². The van der Waals surface area contributed by atoms with Gasteiger partial charge in [-0.2, -0.15) is 4.98 Å². The number of hydrogen-bond donors (Lipinski definition) is 1. The van der Waals surface area contributed by atoms with Gasteiger partial charge in [-0.15, -0.1) is 11.8 Å². The smallest absolute Gasteiger partial charge is 0.236 e. The number of halogens is 1. The summed E-state index contributed by atoms with van der Waals surface area (Å²) in [4.78, 5) is 16.3. The van der Waals surface area contributed by atoms with Crippen molar-refractivity contribution < 1.29 is 14.1 Å². The fourth-order valence-electron chi connectivity index (χ4n) is 2.15. The van der Waals surface area contributed by atoms with Gasteiger partial charge in [0.25, 0.3) is 0 Å². The summed E-state index contributed by atoms with van der Waals surface area (Å²) in [5.74, 6) is 2.29. The number of anilines is 1. The third-order valence-corrected chi connectivity index (χ3v) is 4.67. The van der Waals surface area contributed by atoms with Crippen LogP contribution in [0.3, 0.4) is 0 Å². The minimum absolute atomic E-state index is 0.141. The maximum Gasteiger partial charge on any atom is 0.236 e. The Kier molecular flexibility index (Phi) is 6.14. The summed E-state index contributed by atoms with van der Waals surface area (Å²) in [6.45, 7) is 0. The number of ether oxygens (including phenoxy) is 1. The van der Waals surface area contributed by atoms with Gasteiger partial charge < -0.3 is 14.6 Å². The van der Waals surface area contributed by atoms with Crippen molar-refractivity contribution in [1.82, 2.24) is 10.1 Å². The van der Waals surface area contributed by atoms with Gasteiger partial charge in [-0.1, -0.05) is 28.9 Å². The molecule has 0 unspecified atom stereocenters. The van der Waals surface area contributed by atoms with Crippen molar-refractivity contribution in [2.45, 2.75) is 5.75 Å². The van der Waals surface area contributed by atoms with E-state index in [1.54, 1.807) is 19.2 Å². The molecule has 1 N–H and O–H groups in total. The van der Waals surface area contributed by atoms with Crippen molar-refractivity contribution in [3.8, 4) is 17.1 Å². The lowest BCUT2D eigenvalue weighted by molar-refractivity contribution is -0.113. The van der Waals surface area contributed by atoms with Gasteiger partial charge in [-0.3, -0.25) is 4.79 Å². The Morgan fingerprint density at radius 1 is 1.23 bits per heavy atom. The molecule has 0 aliphatic rings. The molecule has 0 fully saturated rings. The number of benzene rings is 2. The highest BCUT2D eigenvalue weighted by molar-refractivity contribution is 7.99. The quantitative estimate of drug-likeness (QED) is 0.650. The maximum absolute atomic E-state index is 12.0. The highest BCUT2D eigenvalue weighted by Gasteiger charge is 2.11. The van der Waals surface area contributed by atoms with Crippen LogP contribution < -0.4 is 10.1 Å². The molecule has 0 atom stereocenters. The maximum atomic E-state index is 12.0.